The van der Waals surface area contributed by atoms with Crippen molar-refractivity contribution in [2.75, 3.05) is 49.5 Å². The van der Waals surface area contributed by atoms with Crippen LogP contribution in [0.3, 0.4) is 0 Å². The number of carbonyl (C=O) groups excluding carboxylic acids is 1. The third kappa shape index (κ3) is 5.74. The highest BCUT2D eigenvalue weighted by Crippen LogP contribution is 2.29. The minimum atomic E-state index is -0.392. The molecule has 2 heterocycles. The smallest absolute Gasteiger partial charge is 0.411 e. The summed E-state index contributed by atoms with van der Waals surface area (Å²) in [5, 5.41) is 4.09. The van der Waals surface area contributed by atoms with Gasteiger partial charge in [0.25, 0.3) is 0 Å². The van der Waals surface area contributed by atoms with E-state index >= 15 is 0 Å². The van der Waals surface area contributed by atoms with Gasteiger partial charge in [-0.1, -0.05) is 38.1 Å². The Morgan fingerprint density at radius 2 is 1.94 bits per heavy atom. The average Bonchev–Trinajstić information content (AvgIpc) is 3.21. The summed E-state index contributed by atoms with van der Waals surface area (Å²) < 4.78 is 11.2. The van der Waals surface area contributed by atoms with Crippen LogP contribution in [0.5, 0.6) is 0 Å². The van der Waals surface area contributed by atoms with Crippen molar-refractivity contribution in [3.63, 3.8) is 0 Å². The van der Waals surface area contributed by atoms with Gasteiger partial charge in [-0.2, -0.15) is 4.37 Å². The van der Waals surface area contributed by atoms with E-state index < -0.39 is 6.09 Å². The number of amides is 1. The molecule has 1 aliphatic rings. The molecule has 1 aromatic heterocycles. The first-order valence-electron chi connectivity index (χ1n) is 10.9. The standard InChI is InChI=1S/C24H30N4O2S/c1-18(2)17-30-24(29)25-20-7-5-6-19(16-20)10-11-27-12-14-28(15-13-27)23-21-8-3-4-9-22(21)31-26-23/h3-9,16,18H,10-15,17H2,1-2H3,(H,25,29). The lowest BCUT2D eigenvalue weighted by atomic mass is 10.1. The molecule has 0 atom stereocenters. The van der Waals surface area contributed by atoms with E-state index in [1.807, 2.05) is 32.0 Å². The van der Waals surface area contributed by atoms with Crippen molar-refractivity contribution < 1.29 is 9.53 Å². The Balaban J connectivity index is 1.26. The van der Waals surface area contributed by atoms with Crippen LogP contribution in [0, 0.1) is 5.92 Å². The predicted molar refractivity (Wildman–Crippen MR) is 128 cm³/mol. The number of piperazine rings is 1. The van der Waals surface area contributed by atoms with Gasteiger partial charge in [-0.3, -0.25) is 10.2 Å². The van der Waals surface area contributed by atoms with Crippen LogP contribution in [0.2, 0.25) is 0 Å². The molecule has 2 aromatic carbocycles. The number of carbonyl (C=O) groups is 1. The second-order valence-corrected chi connectivity index (χ2v) is 9.20. The van der Waals surface area contributed by atoms with Crippen molar-refractivity contribution in [3.8, 4) is 0 Å². The Hall–Kier alpha value is -2.64. The van der Waals surface area contributed by atoms with E-state index in [9.17, 15) is 4.79 Å². The number of hydrogen-bond donors (Lipinski definition) is 1. The van der Waals surface area contributed by atoms with Gasteiger partial charge in [0.05, 0.1) is 11.3 Å². The lowest BCUT2D eigenvalue weighted by molar-refractivity contribution is 0.147. The fraction of sp³-hybridized carbons (Fsp3) is 0.417. The van der Waals surface area contributed by atoms with Crippen LogP contribution in [0.25, 0.3) is 10.1 Å². The van der Waals surface area contributed by atoms with E-state index in [0.717, 1.165) is 50.6 Å². The largest absolute Gasteiger partial charge is 0.449 e. The van der Waals surface area contributed by atoms with Gasteiger partial charge in [0.15, 0.2) is 0 Å². The summed E-state index contributed by atoms with van der Waals surface area (Å²) >= 11 is 1.58. The van der Waals surface area contributed by atoms with Crippen molar-refractivity contribution in [1.29, 1.82) is 0 Å². The van der Waals surface area contributed by atoms with Crippen molar-refractivity contribution in [2.24, 2.45) is 5.92 Å². The van der Waals surface area contributed by atoms with Crippen LogP contribution in [0.15, 0.2) is 48.5 Å². The molecular weight excluding hydrogens is 408 g/mol. The first kappa shape index (κ1) is 21.6. The molecule has 0 spiro atoms. The van der Waals surface area contributed by atoms with Gasteiger partial charge in [0.1, 0.15) is 5.82 Å². The van der Waals surface area contributed by atoms with E-state index in [0.29, 0.717) is 12.5 Å². The number of fused-ring (bicyclic) bond motifs is 1. The molecule has 31 heavy (non-hydrogen) atoms. The van der Waals surface area contributed by atoms with Crippen molar-refractivity contribution in [2.45, 2.75) is 20.3 Å². The monoisotopic (exact) mass is 438 g/mol. The molecule has 1 saturated heterocycles. The highest BCUT2D eigenvalue weighted by Gasteiger charge is 2.20. The molecule has 1 amide bonds. The van der Waals surface area contributed by atoms with Crippen molar-refractivity contribution >= 4 is 39.2 Å². The number of benzene rings is 2. The molecule has 1 fully saturated rings. The number of ether oxygens (including phenoxy) is 1. The topological polar surface area (TPSA) is 57.7 Å². The lowest BCUT2D eigenvalue weighted by Crippen LogP contribution is -2.47. The Labute approximate surface area is 188 Å². The Morgan fingerprint density at radius 1 is 1.13 bits per heavy atom. The van der Waals surface area contributed by atoms with Crippen molar-refractivity contribution in [3.05, 3.63) is 54.1 Å². The molecule has 0 bridgehead atoms. The van der Waals surface area contributed by atoms with E-state index in [1.54, 1.807) is 11.5 Å². The maximum atomic E-state index is 11.9. The SMILES string of the molecule is CC(C)COC(=O)Nc1cccc(CCN2CCN(c3nsc4ccccc34)CC2)c1. The molecule has 0 unspecified atom stereocenters. The van der Waals surface area contributed by atoms with E-state index in [4.69, 9.17) is 9.11 Å². The van der Waals surface area contributed by atoms with Gasteiger partial charge in [0.2, 0.25) is 0 Å². The Bertz CT molecular complexity index is 1010. The van der Waals surface area contributed by atoms with Gasteiger partial charge >= 0.3 is 6.09 Å². The summed E-state index contributed by atoms with van der Waals surface area (Å²) in [6.45, 7) is 9.53. The average molecular weight is 439 g/mol. The molecule has 0 radical (unpaired) electrons. The van der Waals surface area contributed by atoms with E-state index in [-0.39, 0.29) is 0 Å². The lowest BCUT2D eigenvalue weighted by Gasteiger charge is -2.35. The summed E-state index contributed by atoms with van der Waals surface area (Å²) in [6.07, 6.45) is 0.562. The highest BCUT2D eigenvalue weighted by atomic mass is 32.1. The first-order valence-corrected chi connectivity index (χ1v) is 11.7. The summed E-state index contributed by atoms with van der Waals surface area (Å²) in [7, 11) is 0. The minimum absolute atomic E-state index is 0.326. The minimum Gasteiger partial charge on any atom is -0.449 e. The Kier molecular flexibility index (Phi) is 7.04. The zero-order valence-corrected chi connectivity index (χ0v) is 19.0. The zero-order chi connectivity index (χ0) is 21.6. The number of aromatic nitrogens is 1. The summed E-state index contributed by atoms with van der Waals surface area (Å²) in [5.41, 5.74) is 2.00. The van der Waals surface area contributed by atoms with Crippen LogP contribution in [0.1, 0.15) is 19.4 Å². The fourth-order valence-corrected chi connectivity index (χ4v) is 4.57. The zero-order valence-electron chi connectivity index (χ0n) is 18.2. The summed E-state index contributed by atoms with van der Waals surface area (Å²) in [5.74, 6) is 1.45. The quantitative estimate of drug-likeness (QED) is 0.571. The van der Waals surface area contributed by atoms with Crippen molar-refractivity contribution in [1.82, 2.24) is 9.27 Å². The first-order chi connectivity index (χ1) is 15.1. The van der Waals surface area contributed by atoms with Crippen LogP contribution >= 0.6 is 11.5 Å². The van der Waals surface area contributed by atoms with Crippen LogP contribution in [-0.2, 0) is 11.2 Å². The molecule has 7 heteroatoms. The van der Waals surface area contributed by atoms with Gasteiger partial charge < -0.3 is 9.64 Å². The normalized spacial score (nSPS) is 14.9. The highest BCUT2D eigenvalue weighted by molar-refractivity contribution is 7.13. The van der Waals surface area contributed by atoms with Gasteiger partial charge in [-0.05, 0) is 53.7 Å². The van der Waals surface area contributed by atoms with Gasteiger partial charge in [-0.25, -0.2) is 4.79 Å². The molecule has 0 saturated carbocycles. The molecule has 1 N–H and O–H groups in total. The van der Waals surface area contributed by atoms with Gasteiger partial charge in [-0.15, -0.1) is 0 Å². The number of anilines is 2. The van der Waals surface area contributed by atoms with Crippen LogP contribution < -0.4 is 10.2 Å². The molecule has 1 aliphatic heterocycles. The molecule has 4 rings (SSSR count). The third-order valence-electron chi connectivity index (χ3n) is 5.47. The second-order valence-electron chi connectivity index (χ2n) is 8.40. The maximum absolute atomic E-state index is 11.9. The molecule has 6 nitrogen and oxygen atoms in total. The third-order valence-corrected chi connectivity index (χ3v) is 6.29. The second kappa shape index (κ2) is 10.1. The molecule has 164 valence electrons. The predicted octanol–water partition coefficient (Wildman–Crippen LogP) is 4.87. The van der Waals surface area contributed by atoms with Gasteiger partial charge in [0, 0.05) is 43.8 Å². The van der Waals surface area contributed by atoms with Crippen LogP contribution in [-0.4, -0.2) is 54.7 Å². The Morgan fingerprint density at radius 3 is 2.74 bits per heavy atom. The number of hydrogen-bond acceptors (Lipinski definition) is 6. The molecular formula is C24H30N4O2S. The number of nitrogens with zero attached hydrogens (tertiary/aromatic N) is 3. The van der Waals surface area contributed by atoms with Crippen LogP contribution in [0.4, 0.5) is 16.3 Å². The molecule has 0 aliphatic carbocycles. The molecule has 3 aromatic rings. The fourth-order valence-electron chi connectivity index (χ4n) is 3.77. The summed E-state index contributed by atoms with van der Waals surface area (Å²) in [4.78, 5) is 16.8. The number of nitrogens with one attached hydrogen (secondary N) is 1. The number of rotatable bonds is 7. The summed E-state index contributed by atoms with van der Waals surface area (Å²) in [6, 6.07) is 16.5. The van der Waals surface area contributed by atoms with E-state index in [1.165, 1.54) is 15.6 Å². The van der Waals surface area contributed by atoms with E-state index in [2.05, 4.69) is 45.4 Å². The maximum Gasteiger partial charge on any atom is 0.411 e.